The van der Waals surface area contributed by atoms with Crippen LogP contribution < -0.4 is 5.32 Å². The van der Waals surface area contributed by atoms with Gasteiger partial charge in [-0.05, 0) is 20.8 Å². The molecule has 1 saturated carbocycles. The Bertz CT molecular complexity index is 351. The van der Waals surface area contributed by atoms with E-state index in [0.29, 0.717) is 6.54 Å². The van der Waals surface area contributed by atoms with Gasteiger partial charge in [-0.15, -0.1) is 0 Å². The molecule has 1 amide bonds. The number of piperazine rings is 1. The maximum Gasteiger partial charge on any atom is 0.410 e. The Labute approximate surface area is 103 Å². The fourth-order valence-electron chi connectivity index (χ4n) is 2.36. The number of ether oxygens (including phenoxy) is 1. The van der Waals surface area contributed by atoms with Crippen LogP contribution in [-0.2, 0) is 4.74 Å². The zero-order valence-electron chi connectivity index (χ0n) is 10.5. The van der Waals surface area contributed by atoms with E-state index in [-0.39, 0.29) is 6.54 Å². The van der Waals surface area contributed by atoms with Crippen LogP contribution in [0.3, 0.4) is 0 Å². The number of alkyl halides is 3. The van der Waals surface area contributed by atoms with Crippen molar-refractivity contribution >= 4 is 6.09 Å². The number of hydrogen-bond acceptors (Lipinski definition) is 3. The van der Waals surface area contributed by atoms with Crippen LogP contribution in [0.5, 0.6) is 0 Å². The maximum atomic E-state index is 12.7. The molecule has 1 aliphatic carbocycles. The van der Waals surface area contributed by atoms with E-state index in [9.17, 15) is 18.0 Å². The molecule has 0 unspecified atom stereocenters. The van der Waals surface area contributed by atoms with Crippen molar-refractivity contribution in [2.24, 2.45) is 5.92 Å². The second kappa shape index (κ2) is 4.01. The second-order valence-corrected chi connectivity index (χ2v) is 5.71. The number of nitrogens with zero attached hydrogens (tertiary/aromatic N) is 1. The number of carbonyl (C=O) groups is 1. The molecule has 2 fully saturated rings. The Morgan fingerprint density at radius 2 is 1.94 bits per heavy atom. The highest BCUT2D eigenvalue weighted by Gasteiger charge is 2.68. The molecule has 0 bridgehead atoms. The highest BCUT2D eigenvalue weighted by molar-refractivity contribution is 5.69. The number of nitrogens with one attached hydrogen (secondary N) is 1. The first kappa shape index (κ1) is 13.5. The molecule has 3 atom stereocenters. The van der Waals surface area contributed by atoms with Crippen LogP contribution in [-0.4, -0.2) is 47.9 Å². The number of carbonyl (C=O) groups excluding carboxylic acids is 1. The van der Waals surface area contributed by atoms with Gasteiger partial charge in [-0.3, -0.25) is 0 Å². The van der Waals surface area contributed by atoms with E-state index in [0.717, 1.165) is 0 Å². The molecule has 2 rings (SSSR count). The van der Waals surface area contributed by atoms with Crippen LogP contribution in [0, 0.1) is 5.92 Å². The number of halogens is 3. The van der Waals surface area contributed by atoms with Gasteiger partial charge >= 0.3 is 12.3 Å². The SMILES string of the molecule is CC(C)(C)OC(=O)N1CCN[C@@H]2[C@@H]1[C@@H]2C(F)(F)F. The van der Waals surface area contributed by atoms with E-state index >= 15 is 0 Å². The largest absolute Gasteiger partial charge is 0.444 e. The lowest BCUT2D eigenvalue weighted by molar-refractivity contribution is -0.152. The molecule has 4 nitrogen and oxygen atoms in total. The summed E-state index contributed by atoms with van der Waals surface area (Å²) in [5.41, 5.74) is -0.694. The fourth-order valence-corrected chi connectivity index (χ4v) is 2.36. The lowest BCUT2D eigenvalue weighted by Crippen LogP contribution is -2.48. The second-order valence-electron chi connectivity index (χ2n) is 5.71. The average Bonchev–Trinajstić information content (AvgIpc) is 2.86. The van der Waals surface area contributed by atoms with Crippen molar-refractivity contribution in [1.82, 2.24) is 10.2 Å². The van der Waals surface area contributed by atoms with Crippen molar-refractivity contribution in [3.8, 4) is 0 Å². The lowest BCUT2D eigenvalue weighted by Gasteiger charge is -2.30. The van der Waals surface area contributed by atoms with Crippen LogP contribution >= 0.6 is 0 Å². The third-order valence-corrected chi connectivity index (χ3v) is 3.08. The van der Waals surface area contributed by atoms with Gasteiger partial charge in [0.1, 0.15) is 5.60 Å². The zero-order chi connectivity index (χ0) is 13.7. The van der Waals surface area contributed by atoms with Crippen molar-refractivity contribution in [3.05, 3.63) is 0 Å². The molecule has 2 aliphatic rings. The number of amides is 1. The van der Waals surface area contributed by atoms with E-state index in [1.54, 1.807) is 20.8 Å². The summed E-state index contributed by atoms with van der Waals surface area (Å²) >= 11 is 0. The molecule has 0 aromatic carbocycles. The highest BCUT2D eigenvalue weighted by atomic mass is 19.4. The van der Waals surface area contributed by atoms with Crippen LogP contribution in [0.4, 0.5) is 18.0 Å². The highest BCUT2D eigenvalue weighted by Crippen LogP contribution is 2.49. The first-order valence-corrected chi connectivity index (χ1v) is 5.91. The van der Waals surface area contributed by atoms with Gasteiger partial charge in [0.2, 0.25) is 0 Å². The first-order valence-electron chi connectivity index (χ1n) is 5.91. The van der Waals surface area contributed by atoms with Crippen molar-refractivity contribution in [2.45, 2.75) is 44.6 Å². The minimum Gasteiger partial charge on any atom is -0.444 e. The summed E-state index contributed by atoms with van der Waals surface area (Å²) in [7, 11) is 0. The smallest absolute Gasteiger partial charge is 0.410 e. The summed E-state index contributed by atoms with van der Waals surface area (Å²) in [6.07, 6.45) is -4.93. The quantitative estimate of drug-likeness (QED) is 0.726. The summed E-state index contributed by atoms with van der Waals surface area (Å²) in [6.45, 7) is 5.70. The molecule has 1 heterocycles. The van der Waals surface area contributed by atoms with Crippen molar-refractivity contribution in [3.63, 3.8) is 0 Å². The molecule has 7 heteroatoms. The summed E-state index contributed by atoms with van der Waals surface area (Å²) in [6, 6.07) is -1.49. The first-order chi connectivity index (χ1) is 8.11. The summed E-state index contributed by atoms with van der Waals surface area (Å²) in [4.78, 5) is 13.0. The average molecular weight is 266 g/mol. The normalized spacial score (nSPS) is 31.9. The van der Waals surface area contributed by atoms with E-state index in [1.165, 1.54) is 4.90 Å². The minimum absolute atomic E-state index is 0.253. The van der Waals surface area contributed by atoms with E-state index in [1.807, 2.05) is 0 Å². The molecule has 1 saturated heterocycles. The number of rotatable bonds is 0. The van der Waals surface area contributed by atoms with Gasteiger partial charge in [0.15, 0.2) is 0 Å². The van der Waals surface area contributed by atoms with Crippen LogP contribution in [0.25, 0.3) is 0 Å². The number of fused-ring (bicyclic) bond motifs is 1. The van der Waals surface area contributed by atoms with Crippen LogP contribution in [0.15, 0.2) is 0 Å². The fraction of sp³-hybridized carbons (Fsp3) is 0.909. The molecule has 0 aromatic heterocycles. The van der Waals surface area contributed by atoms with Crippen LogP contribution in [0.2, 0.25) is 0 Å². The predicted octanol–water partition coefficient (Wildman–Crippen LogP) is 1.76. The van der Waals surface area contributed by atoms with Gasteiger partial charge in [0, 0.05) is 19.1 Å². The monoisotopic (exact) mass is 266 g/mol. The Hall–Kier alpha value is -0.980. The predicted molar refractivity (Wildman–Crippen MR) is 58.1 cm³/mol. The molecule has 1 N–H and O–H groups in total. The van der Waals surface area contributed by atoms with Gasteiger partial charge in [0.05, 0.1) is 12.0 Å². The van der Waals surface area contributed by atoms with Crippen molar-refractivity contribution in [2.75, 3.05) is 13.1 Å². The summed E-state index contributed by atoms with van der Waals surface area (Å²) in [5, 5.41) is 2.79. The molecule has 0 radical (unpaired) electrons. The van der Waals surface area contributed by atoms with Gasteiger partial charge in [-0.1, -0.05) is 0 Å². The molecule has 1 aliphatic heterocycles. The lowest BCUT2D eigenvalue weighted by atomic mass is 10.2. The molecule has 0 aromatic rings. The Balaban J connectivity index is 2.04. The van der Waals surface area contributed by atoms with Crippen molar-refractivity contribution in [1.29, 1.82) is 0 Å². The molecule has 0 spiro atoms. The topological polar surface area (TPSA) is 41.6 Å². The zero-order valence-corrected chi connectivity index (χ0v) is 10.5. The van der Waals surface area contributed by atoms with Crippen LogP contribution in [0.1, 0.15) is 20.8 Å². The Morgan fingerprint density at radius 1 is 1.33 bits per heavy atom. The van der Waals surface area contributed by atoms with E-state index in [2.05, 4.69) is 5.32 Å². The Morgan fingerprint density at radius 3 is 2.44 bits per heavy atom. The molecule has 104 valence electrons. The standard InChI is InChI=1S/C11H17F3N2O2/c1-10(2,3)18-9(17)16-5-4-15-7-6(8(7)16)11(12,13)14/h6-8,15H,4-5H2,1-3H3/t6-,7+,8+/m1/s1. The molecular formula is C11H17F3N2O2. The van der Waals surface area contributed by atoms with E-state index in [4.69, 9.17) is 4.74 Å². The van der Waals surface area contributed by atoms with Gasteiger partial charge < -0.3 is 15.0 Å². The molecule has 18 heavy (non-hydrogen) atoms. The Kier molecular flexibility index (Phi) is 3.00. The number of hydrogen-bond donors (Lipinski definition) is 1. The minimum atomic E-state index is -4.27. The van der Waals surface area contributed by atoms with E-state index < -0.39 is 35.9 Å². The third kappa shape index (κ3) is 2.55. The maximum absolute atomic E-state index is 12.7. The molecular weight excluding hydrogens is 249 g/mol. The van der Waals surface area contributed by atoms with Gasteiger partial charge in [-0.2, -0.15) is 13.2 Å². The summed E-state index contributed by atoms with van der Waals surface area (Å²) < 4.78 is 43.2. The van der Waals surface area contributed by atoms with Gasteiger partial charge in [-0.25, -0.2) is 4.79 Å². The van der Waals surface area contributed by atoms with Gasteiger partial charge in [0.25, 0.3) is 0 Å². The van der Waals surface area contributed by atoms with Crippen molar-refractivity contribution < 1.29 is 22.7 Å². The summed E-state index contributed by atoms with van der Waals surface area (Å²) in [5.74, 6) is -1.47. The third-order valence-electron chi connectivity index (χ3n) is 3.08.